The Hall–Kier alpha value is -2.85. The molecule has 168 valence electrons. The van der Waals surface area contributed by atoms with Crippen LogP contribution in [0.3, 0.4) is 0 Å². The molecule has 0 saturated heterocycles. The van der Waals surface area contributed by atoms with Gasteiger partial charge in [-0.25, -0.2) is 14.1 Å². The number of hydrogen-bond donors (Lipinski definition) is 2. The molecule has 0 radical (unpaired) electrons. The first-order valence-corrected chi connectivity index (χ1v) is 10.9. The number of aryl methyl sites for hydroxylation is 1. The Morgan fingerprint density at radius 3 is 2.72 bits per heavy atom. The number of nitrogens with one attached hydrogen (secondary N) is 1. The highest BCUT2D eigenvalue weighted by atomic mass is 35.5. The van der Waals surface area contributed by atoms with Crippen LogP contribution in [0.25, 0.3) is 0 Å². The summed E-state index contributed by atoms with van der Waals surface area (Å²) in [5.41, 5.74) is 0.850. The van der Waals surface area contributed by atoms with Crippen molar-refractivity contribution in [1.82, 2.24) is 29.8 Å². The van der Waals surface area contributed by atoms with Crippen LogP contribution in [0.5, 0.6) is 0 Å². The second kappa shape index (κ2) is 7.93. The molecule has 0 aliphatic heterocycles. The lowest BCUT2D eigenvalue weighted by Gasteiger charge is -2.24. The van der Waals surface area contributed by atoms with Crippen molar-refractivity contribution >= 4 is 23.2 Å². The van der Waals surface area contributed by atoms with E-state index in [1.807, 2.05) is 0 Å². The molecule has 2 atom stereocenters. The molecule has 5 rings (SSSR count). The highest BCUT2D eigenvalue weighted by Gasteiger charge is 2.50. The van der Waals surface area contributed by atoms with Gasteiger partial charge in [-0.05, 0) is 66.1 Å². The molecule has 9 nitrogen and oxygen atoms in total. The first-order chi connectivity index (χ1) is 15.3. The summed E-state index contributed by atoms with van der Waals surface area (Å²) in [7, 11) is 1.78. The molecule has 11 heteroatoms. The molecule has 2 heterocycles. The van der Waals surface area contributed by atoms with Gasteiger partial charge in [0.15, 0.2) is 0 Å². The van der Waals surface area contributed by atoms with Crippen molar-refractivity contribution in [3.8, 4) is 0 Å². The molecule has 3 aromatic rings. The van der Waals surface area contributed by atoms with Gasteiger partial charge in [0, 0.05) is 18.7 Å². The normalized spacial score (nSPS) is 26.9. The maximum Gasteiger partial charge on any atom is 0.274 e. The fourth-order valence-electron chi connectivity index (χ4n) is 5.47. The third-order valence-corrected chi connectivity index (χ3v) is 7.01. The summed E-state index contributed by atoms with van der Waals surface area (Å²) in [6.45, 7) is 0.384. The van der Waals surface area contributed by atoms with Gasteiger partial charge in [0.2, 0.25) is 0 Å². The largest absolute Gasteiger partial charge is 0.388 e. The molecule has 1 aromatic carbocycles. The zero-order chi connectivity index (χ0) is 22.5. The fourth-order valence-corrected chi connectivity index (χ4v) is 5.65. The molecule has 2 aromatic heterocycles. The lowest BCUT2D eigenvalue weighted by molar-refractivity contribution is 0.0171. The number of benzene rings is 1. The van der Waals surface area contributed by atoms with Crippen molar-refractivity contribution in [3.05, 3.63) is 53.1 Å². The van der Waals surface area contributed by atoms with Crippen molar-refractivity contribution < 1.29 is 14.3 Å². The summed E-state index contributed by atoms with van der Waals surface area (Å²) in [4.78, 5) is 17.6. The number of carbonyl (C=O) groups excluding carboxylic acids is 1. The van der Waals surface area contributed by atoms with Crippen LogP contribution >= 0.6 is 11.6 Å². The maximum atomic E-state index is 13.4. The Labute approximate surface area is 188 Å². The van der Waals surface area contributed by atoms with Gasteiger partial charge < -0.3 is 15.0 Å². The van der Waals surface area contributed by atoms with E-state index in [1.165, 1.54) is 24.5 Å². The van der Waals surface area contributed by atoms with Crippen molar-refractivity contribution in [2.45, 2.75) is 43.7 Å². The minimum absolute atomic E-state index is 0.0502. The minimum Gasteiger partial charge on any atom is -0.388 e. The van der Waals surface area contributed by atoms with Gasteiger partial charge in [0.1, 0.15) is 17.8 Å². The topological polar surface area (TPSA) is 111 Å². The van der Waals surface area contributed by atoms with Crippen LogP contribution in [-0.4, -0.2) is 46.4 Å². The number of nitrogens with zero attached hydrogens (tertiary/aromatic N) is 6. The van der Waals surface area contributed by atoms with Gasteiger partial charge in [0.25, 0.3) is 5.91 Å². The zero-order valence-corrected chi connectivity index (χ0v) is 18.2. The molecule has 2 saturated carbocycles. The van der Waals surface area contributed by atoms with Crippen LogP contribution < -0.4 is 5.32 Å². The molecule has 0 spiro atoms. The van der Waals surface area contributed by atoms with Crippen LogP contribution in [0.4, 0.5) is 10.1 Å². The quantitative estimate of drug-likeness (QED) is 0.607. The van der Waals surface area contributed by atoms with E-state index in [0.717, 1.165) is 18.5 Å². The molecule has 2 N–H and O–H groups in total. The van der Waals surface area contributed by atoms with Crippen molar-refractivity contribution in [2.24, 2.45) is 18.9 Å². The molecule has 32 heavy (non-hydrogen) atoms. The number of amides is 1. The standard InChI is InChI=1S/C21H23ClFN7O2/c1-29-10-24-18(19(29)20(31)26-15-2-3-17(23)16(22)6-15)12-4-13-7-21(32,8-14(13)5-12)9-30-11-25-27-28-30/h2-3,6,10-14,32H,4-5,7-9H2,1H3,(H,26,31). The number of aromatic nitrogens is 6. The first-order valence-electron chi connectivity index (χ1n) is 10.5. The summed E-state index contributed by atoms with van der Waals surface area (Å²) in [5.74, 6) is 0.00490. The highest BCUT2D eigenvalue weighted by Crippen LogP contribution is 2.54. The van der Waals surface area contributed by atoms with E-state index >= 15 is 0 Å². The van der Waals surface area contributed by atoms with E-state index in [2.05, 4.69) is 25.8 Å². The fraction of sp³-hybridized carbons (Fsp3) is 0.476. The Kier molecular flexibility index (Phi) is 5.21. The first kappa shape index (κ1) is 21.0. The third-order valence-electron chi connectivity index (χ3n) is 6.72. The van der Waals surface area contributed by atoms with Gasteiger partial charge in [0.05, 0.1) is 29.2 Å². The molecule has 2 aliphatic rings. The number of tetrazole rings is 1. The van der Waals surface area contributed by atoms with Gasteiger partial charge in [-0.3, -0.25) is 4.79 Å². The van der Waals surface area contributed by atoms with Crippen LogP contribution in [0.1, 0.15) is 47.8 Å². The molecule has 0 bridgehead atoms. The second-order valence-corrected chi connectivity index (χ2v) is 9.41. The predicted octanol–water partition coefficient (Wildman–Crippen LogP) is 2.79. The summed E-state index contributed by atoms with van der Waals surface area (Å²) >= 11 is 5.83. The summed E-state index contributed by atoms with van der Waals surface area (Å²) in [6, 6.07) is 4.08. The third kappa shape index (κ3) is 3.88. The van der Waals surface area contributed by atoms with Crippen molar-refractivity contribution in [2.75, 3.05) is 5.32 Å². The summed E-state index contributed by atoms with van der Waals surface area (Å²) < 4.78 is 16.7. The van der Waals surface area contributed by atoms with E-state index in [9.17, 15) is 14.3 Å². The molecule has 2 unspecified atom stereocenters. The van der Waals surface area contributed by atoms with Crippen LogP contribution in [0.2, 0.25) is 5.02 Å². The number of aliphatic hydroxyl groups is 1. The Bertz CT molecular complexity index is 1140. The van der Waals surface area contributed by atoms with E-state index in [0.29, 0.717) is 42.6 Å². The molecule has 2 fully saturated rings. The molecule has 2 aliphatic carbocycles. The van der Waals surface area contributed by atoms with Gasteiger partial charge in [-0.2, -0.15) is 0 Å². The Morgan fingerprint density at radius 2 is 2.06 bits per heavy atom. The number of anilines is 1. The smallest absolute Gasteiger partial charge is 0.274 e. The number of rotatable bonds is 5. The number of fused-ring (bicyclic) bond motifs is 1. The van der Waals surface area contributed by atoms with Gasteiger partial charge in [-0.1, -0.05) is 11.6 Å². The molecular weight excluding hydrogens is 437 g/mol. The number of carbonyl (C=O) groups is 1. The average Bonchev–Trinajstić information content (AvgIpc) is 3.49. The monoisotopic (exact) mass is 459 g/mol. The minimum atomic E-state index is -0.818. The summed E-state index contributed by atoms with van der Waals surface area (Å²) in [6.07, 6.45) is 6.24. The zero-order valence-electron chi connectivity index (χ0n) is 17.4. The van der Waals surface area contributed by atoms with Crippen molar-refractivity contribution in [3.63, 3.8) is 0 Å². The number of halogens is 2. The highest BCUT2D eigenvalue weighted by molar-refractivity contribution is 6.31. The Balaban J connectivity index is 1.29. The van der Waals surface area contributed by atoms with Crippen LogP contribution in [-0.2, 0) is 13.6 Å². The summed E-state index contributed by atoms with van der Waals surface area (Å²) in [5, 5.41) is 24.9. The number of imidazole rings is 1. The predicted molar refractivity (Wildman–Crippen MR) is 114 cm³/mol. The van der Waals surface area contributed by atoms with E-state index < -0.39 is 11.4 Å². The number of hydrogen-bond acceptors (Lipinski definition) is 6. The lowest BCUT2D eigenvalue weighted by Crippen LogP contribution is -2.32. The second-order valence-electron chi connectivity index (χ2n) is 9.00. The van der Waals surface area contributed by atoms with Gasteiger partial charge >= 0.3 is 0 Å². The van der Waals surface area contributed by atoms with Crippen LogP contribution in [0.15, 0.2) is 30.9 Å². The van der Waals surface area contributed by atoms with E-state index in [1.54, 1.807) is 22.6 Å². The average molecular weight is 460 g/mol. The SMILES string of the molecule is Cn1cnc(C2CC3CC(O)(Cn4cnnn4)CC3C2)c1C(=O)Nc1ccc(F)c(Cl)c1. The maximum absolute atomic E-state index is 13.4. The van der Waals surface area contributed by atoms with Gasteiger partial charge in [-0.15, -0.1) is 5.10 Å². The molecular formula is C21H23ClFN7O2. The van der Waals surface area contributed by atoms with Crippen LogP contribution in [0, 0.1) is 17.7 Å². The van der Waals surface area contributed by atoms with E-state index in [-0.39, 0.29) is 16.8 Å². The van der Waals surface area contributed by atoms with Crippen molar-refractivity contribution in [1.29, 1.82) is 0 Å². The molecule has 1 amide bonds. The lowest BCUT2D eigenvalue weighted by atomic mass is 9.92. The van der Waals surface area contributed by atoms with E-state index in [4.69, 9.17) is 11.6 Å². The Morgan fingerprint density at radius 1 is 1.31 bits per heavy atom.